The van der Waals surface area contributed by atoms with Gasteiger partial charge in [-0.2, -0.15) is 0 Å². The molecule has 0 spiro atoms. The average molecular weight is 318 g/mol. The number of ether oxygens (including phenoxy) is 1. The van der Waals surface area contributed by atoms with Gasteiger partial charge in [-0.15, -0.1) is 0 Å². The normalized spacial score (nSPS) is 19.5. The highest BCUT2D eigenvalue weighted by molar-refractivity contribution is 6.30. The van der Waals surface area contributed by atoms with Crippen LogP contribution < -0.4 is 10.1 Å². The van der Waals surface area contributed by atoms with E-state index in [1.807, 2.05) is 18.2 Å². The first-order valence-electron chi connectivity index (χ1n) is 7.05. The van der Waals surface area contributed by atoms with Gasteiger partial charge in [0, 0.05) is 28.6 Å². The Labute approximate surface area is 133 Å². The Hall–Kier alpha value is -2.04. The molecule has 5 heteroatoms. The van der Waals surface area contributed by atoms with Crippen molar-refractivity contribution in [3.8, 4) is 11.5 Å². The minimum atomic E-state index is -0.871. The van der Waals surface area contributed by atoms with E-state index >= 15 is 0 Å². The van der Waals surface area contributed by atoms with Crippen LogP contribution in [0.1, 0.15) is 23.0 Å². The Morgan fingerprint density at radius 3 is 2.68 bits per heavy atom. The van der Waals surface area contributed by atoms with E-state index < -0.39 is 11.9 Å². The van der Waals surface area contributed by atoms with Crippen molar-refractivity contribution in [2.24, 2.45) is 0 Å². The monoisotopic (exact) mass is 317 g/mol. The molecule has 2 N–H and O–H groups in total. The zero-order valence-electron chi connectivity index (χ0n) is 12.0. The first-order chi connectivity index (χ1) is 10.6. The highest BCUT2D eigenvalue weighted by Gasteiger charge is 2.37. The topological polar surface area (TPSA) is 58.6 Å². The maximum atomic E-state index is 11.9. The lowest BCUT2D eigenvalue weighted by atomic mass is 9.81. The summed E-state index contributed by atoms with van der Waals surface area (Å²) in [5.74, 6) is -0.592. The largest absolute Gasteiger partial charge is 0.481 e. The third kappa shape index (κ3) is 2.56. The van der Waals surface area contributed by atoms with Gasteiger partial charge in [-0.3, -0.25) is 4.79 Å². The molecule has 2 aromatic rings. The number of aliphatic carboxylic acids is 1. The third-order valence-corrected chi connectivity index (χ3v) is 4.17. The van der Waals surface area contributed by atoms with Crippen LogP contribution in [0.2, 0.25) is 5.02 Å². The molecule has 0 saturated heterocycles. The van der Waals surface area contributed by atoms with Crippen LogP contribution >= 0.6 is 11.6 Å². The SMILES string of the molecule is CNC[C@H]1c2cc(Cl)ccc2Oc2ccccc2[C@H]1C(=O)O. The summed E-state index contributed by atoms with van der Waals surface area (Å²) >= 11 is 6.11. The van der Waals surface area contributed by atoms with E-state index in [1.165, 1.54) is 0 Å². The molecule has 0 aliphatic carbocycles. The van der Waals surface area contributed by atoms with Gasteiger partial charge in [0.05, 0.1) is 5.92 Å². The van der Waals surface area contributed by atoms with Crippen molar-refractivity contribution < 1.29 is 14.6 Å². The van der Waals surface area contributed by atoms with Gasteiger partial charge < -0.3 is 15.2 Å². The molecule has 3 rings (SSSR count). The Morgan fingerprint density at radius 2 is 1.95 bits per heavy atom. The van der Waals surface area contributed by atoms with Crippen LogP contribution in [-0.4, -0.2) is 24.7 Å². The Balaban J connectivity index is 2.24. The number of carbonyl (C=O) groups is 1. The number of fused-ring (bicyclic) bond motifs is 2. The number of hydrogen-bond acceptors (Lipinski definition) is 3. The van der Waals surface area contributed by atoms with Crippen molar-refractivity contribution in [2.75, 3.05) is 13.6 Å². The number of rotatable bonds is 3. The summed E-state index contributed by atoms with van der Waals surface area (Å²) in [5, 5.41) is 13.4. The van der Waals surface area contributed by atoms with Crippen molar-refractivity contribution in [3.05, 3.63) is 58.6 Å². The predicted octanol–water partition coefficient (Wildman–Crippen LogP) is 3.62. The van der Waals surface area contributed by atoms with E-state index in [2.05, 4.69) is 5.32 Å². The van der Waals surface area contributed by atoms with Crippen LogP contribution in [0.25, 0.3) is 0 Å². The van der Waals surface area contributed by atoms with Gasteiger partial charge in [0.15, 0.2) is 0 Å². The Bertz CT molecular complexity index is 717. The molecule has 2 atom stereocenters. The molecule has 0 bridgehead atoms. The van der Waals surface area contributed by atoms with Gasteiger partial charge in [-0.25, -0.2) is 0 Å². The van der Waals surface area contributed by atoms with Gasteiger partial charge >= 0.3 is 5.97 Å². The standard InChI is InChI=1S/C17H16ClNO3/c1-19-9-13-12-8-10(18)6-7-15(12)22-14-5-3-2-4-11(14)16(13)17(20)21/h2-8,13,16,19H,9H2,1H3,(H,20,21)/t13-,16+/m0/s1. The lowest BCUT2D eigenvalue weighted by Gasteiger charge is -2.23. The lowest BCUT2D eigenvalue weighted by Crippen LogP contribution is -2.27. The number of carboxylic acids is 1. The zero-order chi connectivity index (χ0) is 15.7. The second kappa shape index (κ2) is 5.99. The van der Waals surface area contributed by atoms with Crippen LogP contribution in [-0.2, 0) is 4.79 Å². The Morgan fingerprint density at radius 1 is 1.23 bits per heavy atom. The second-order valence-corrected chi connectivity index (χ2v) is 5.74. The number of carboxylic acid groups (broad SMARTS) is 1. The average Bonchev–Trinajstić information content (AvgIpc) is 2.62. The van der Waals surface area contributed by atoms with E-state index in [1.54, 1.807) is 31.3 Å². The summed E-state index contributed by atoms with van der Waals surface area (Å²) in [5.41, 5.74) is 1.49. The number of likely N-dealkylation sites (N-methyl/N-ethyl adjacent to an activating group) is 1. The summed E-state index contributed by atoms with van der Waals surface area (Å²) < 4.78 is 5.96. The van der Waals surface area contributed by atoms with E-state index in [0.717, 1.165) is 5.56 Å². The summed E-state index contributed by atoms with van der Waals surface area (Å²) in [4.78, 5) is 11.9. The fraction of sp³-hybridized carbons (Fsp3) is 0.235. The highest BCUT2D eigenvalue weighted by Crippen LogP contribution is 2.46. The molecule has 1 heterocycles. The molecule has 0 unspecified atom stereocenters. The number of benzene rings is 2. The number of hydrogen-bond donors (Lipinski definition) is 2. The lowest BCUT2D eigenvalue weighted by molar-refractivity contribution is -0.139. The summed E-state index contributed by atoms with van der Waals surface area (Å²) in [7, 11) is 1.81. The molecule has 22 heavy (non-hydrogen) atoms. The molecular weight excluding hydrogens is 302 g/mol. The van der Waals surface area contributed by atoms with Gasteiger partial charge in [-0.05, 0) is 31.3 Å². The maximum Gasteiger partial charge on any atom is 0.311 e. The van der Waals surface area contributed by atoms with Crippen molar-refractivity contribution in [1.82, 2.24) is 5.32 Å². The van der Waals surface area contributed by atoms with Crippen LogP contribution in [0.15, 0.2) is 42.5 Å². The molecule has 0 saturated carbocycles. The van der Waals surface area contributed by atoms with Crippen LogP contribution in [0.5, 0.6) is 11.5 Å². The number of para-hydroxylation sites is 1. The zero-order valence-corrected chi connectivity index (χ0v) is 12.8. The minimum Gasteiger partial charge on any atom is -0.481 e. The molecule has 0 aromatic heterocycles. The van der Waals surface area contributed by atoms with Crippen molar-refractivity contribution in [2.45, 2.75) is 11.8 Å². The van der Waals surface area contributed by atoms with Crippen molar-refractivity contribution in [1.29, 1.82) is 0 Å². The van der Waals surface area contributed by atoms with Crippen molar-refractivity contribution >= 4 is 17.6 Å². The predicted molar refractivity (Wildman–Crippen MR) is 85.0 cm³/mol. The van der Waals surface area contributed by atoms with Gasteiger partial charge in [-0.1, -0.05) is 29.8 Å². The molecule has 0 fully saturated rings. The molecule has 2 aromatic carbocycles. The smallest absolute Gasteiger partial charge is 0.311 e. The molecule has 1 aliphatic rings. The van der Waals surface area contributed by atoms with Crippen LogP contribution in [0, 0.1) is 0 Å². The first kappa shape index (κ1) is 14.9. The van der Waals surface area contributed by atoms with E-state index in [0.29, 0.717) is 28.6 Å². The third-order valence-electron chi connectivity index (χ3n) is 3.94. The van der Waals surface area contributed by atoms with Crippen LogP contribution in [0.4, 0.5) is 0 Å². The molecule has 0 radical (unpaired) electrons. The number of halogens is 1. The summed E-state index contributed by atoms with van der Waals surface area (Å²) in [6, 6.07) is 12.6. The molecular formula is C17H16ClNO3. The van der Waals surface area contributed by atoms with E-state index in [-0.39, 0.29) is 5.92 Å². The fourth-order valence-corrected chi connectivity index (χ4v) is 3.18. The molecule has 4 nitrogen and oxygen atoms in total. The molecule has 0 amide bonds. The van der Waals surface area contributed by atoms with E-state index in [4.69, 9.17) is 16.3 Å². The van der Waals surface area contributed by atoms with Crippen molar-refractivity contribution in [3.63, 3.8) is 0 Å². The number of nitrogens with one attached hydrogen (secondary N) is 1. The van der Waals surface area contributed by atoms with Crippen LogP contribution in [0.3, 0.4) is 0 Å². The second-order valence-electron chi connectivity index (χ2n) is 5.30. The Kier molecular flexibility index (Phi) is 4.05. The van der Waals surface area contributed by atoms with Gasteiger partial charge in [0.2, 0.25) is 0 Å². The summed E-state index contributed by atoms with van der Waals surface area (Å²) in [6.45, 7) is 0.516. The van der Waals surface area contributed by atoms with E-state index in [9.17, 15) is 9.90 Å². The fourth-order valence-electron chi connectivity index (χ4n) is 3.00. The van der Waals surface area contributed by atoms with Gasteiger partial charge in [0.1, 0.15) is 11.5 Å². The maximum absolute atomic E-state index is 11.9. The van der Waals surface area contributed by atoms with Gasteiger partial charge in [0.25, 0.3) is 0 Å². The quantitative estimate of drug-likeness (QED) is 0.908. The minimum absolute atomic E-state index is 0.264. The molecule has 1 aliphatic heterocycles. The highest BCUT2D eigenvalue weighted by atomic mass is 35.5. The summed E-state index contributed by atoms with van der Waals surface area (Å²) in [6.07, 6.45) is 0. The first-order valence-corrected chi connectivity index (χ1v) is 7.43. The molecule has 114 valence electrons.